The molecule has 0 amide bonds. The molecule has 1 atom stereocenters. The van der Waals surface area contributed by atoms with Crippen molar-refractivity contribution < 1.29 is 4.74 Å². The average Bonchev–Trinajstić information content (AvgIpc) is 2.38. The van der Waals surface area contributed by atoms with Crippen LogP contribution in [0.4, 0.5) is 5.82 Å². The maximum Gasteiger partial charge on any atom is 0.234 e. The summed E-state index contributed by atoms with van der Waals surface area (Å²) >= 11 is 0. The van der Waals surface area contributed by atoms with E-state index in [2.05, 4.69) is 27.5 Å². The van der Waals surface area contributed by atoms with E-state index in [1.807, 2.05) is 6.92 Å². The molecule has 2 N–H and O–H groups in total. The van der Waals surface area contributed by atoms with Crippen molar-refractivity contribution in [2.24, 2.45) is 5.41 Å². The largest absolute Gasteiger partial charge is 0.477 e. The van der Waals surface area contributed by atoms with E-state index in [0.29, 0.717) is 17.9 Å². The molecule has 1 aromatic heterocycles. The molecule has 5 nitrogen and oxygen atoms in total. The van der Waals surface area contributed by atoms with Crippen LogP contribution in [0.25, 0.3) is 0 Å². The molecule has 2 rings (SSSR count). The van der Waals surface area contributed by atoms with Crippen LogP contribution in [-0.4, -0.2) is 36.2 Å². The zero-order chi connectivity index (χ0) is 12.8. The van der Waals surface area contributed by atoms with Crippen molar-refractivity contribution in [3.05, 3.63) is 12.4 Å². The zero-order valence-electron chi connectivity index (χ0n) is 11.2. The molecule has 0 bridgehead atoms. The van der Waals surface area contributed by atoms with Crippen molar-refractivity contribution in [1.29, 1.82) is 0 Å². The minimum absolute atomic E-state index is 0.293. The molecule has 0 radical (unpaired) electrons. The summed E-state index contributed by atoms with van der Waals surface area (Å²) < 4.78 is 5.34. The lowest BCUT2D eigenvalue weighted by molar-refractivity contribution is 0.253. The molecule has 2 heterocycles. The Balaban J connectivity index is 1.90. The van der Waals surface area contributed by atoms with Crippen LogP contribution in [0.5, 0.6) is 5.88 Å². The van der Waals surface area contributed by atoms with Crippen LogP contribution in [0.3, 0.4) is 0 Å². The van der Waals surface area contributed by atoms with E-state index in [0.717, 1.165) is 25.5 Å². The molecular formula is C13H22N4O. The Morgan fingerprint density at radius 1 is 1.50 bits per heavy atom. The van der Waals surface area contributed by atoms with Crippen molar-refractivity contribution in [2.75, 3.05) is 31.6 Å². The van der Waals surface area contributed by atoms with Crippen LogP contribution in [0, 0.1) is 5.41 Å². The van der Waals surface area contributed by atoms with Crippen LogP contribution in [0.2, 0.25) is 0 Å². The molecule has 1 aromatic rings. The van der Waals surface area contributed by atoms with Crippen molar-refractivity contribution >= 4 is 5.82 Å². The number of hydrogen-bond donors (Lipinski definition) is 2. The molecule has 0 saturated carbocycles. The van der Waals surface area contributed by atoms with Gasteiger partial charge in [-0.25, -0.2) is 0 Å². The fraction of sp³-hybridized carbons (Fsp3) is 0.692. The maximum absolute atomic E-state index is 5.34. The van der Waals surface area contributed by atoms with Gasteiger partial charge in [-0.15, -0.1) is 0 Å². The number of anilines is 1. The van der Waals surface area contributed by atoms with Crippen LogP contribution >= 0.6 is 0 Å². The van der Waals surface area contributed by atoms with Gasteiger partial charge >= 0.3 is 0 Å². The topological polar surface area (TPSA) is 59.1 Å². The van der Waals surface area contributed by atoms with Gasteiger partial charge in [0.1, 0.15) is 5.82 Å². The minimum Gasteiger partial charge on any atom is -0.477 e. The van der Waals surface area contributed by atoms with E-state index < -0.39 is 0 Å². The maximum atomic E-state index is 5.34. The summed E-state index contributed by atoms with van der Waals surface area (Å²) in [5, 5.41) is 6.80. The molecular weight excluding hydrogens is 228 g/mol. The van der Waals surface area contributed by atoms with E-state index in [1.165, 1.54) is 12.8 Å². The molecule has 100 valence electrons. The van der Waals surface area contributed by atoms with Crippen molar-refractivity contribution in [1.82, 2.24) is 15.3 Å². The molecule has 1 saturated heterocycles. The highest BCUT2D eigenvalue weighted by Gasteiger charge is 2.26. The van der Waals surface area contributed by atoms with Gasteiger partial charge in [-0.1, -0.05) is 6.92 Å². The lowest BCUT2D eigenvalue weighted by Gasteiger charge is -2.34. The van der Waals surface area contributed by atoms with Crippen molar-refractivity contribution in [3.8, 4) is 5.88 Å². The van der Waals surface area contributed by atoms with Gasteiger partial charge in [0.05, 0.1) is 19.0 Å². The first-order valence-electron chi connectivity index (χ1n) is 6.61. The van der Waals surface area contributed by atoms with Gasteiger partial charge in [-0.05, 0) is 31.7 Å². The molecule has 0 aliphatic carbocycles. The van der Waals surface area contributed by atoms with E-state index in [9.17, 15) is 0 Å². The Kier molecular flexibility index (Phi) is 4.36. The molecule has 1 unspecified atom stereocenters. The number of nitrogens with zero attached hydrogens (tertiary/aromatic N) is 2. The van der Waals surface area contributed by atoms with Gasteiger partial charge in [-0.3, -0.25) is 4.98 Å². The van der Waals surface area contributed by atoms with Gasteiger partial charge in [0.15, 0.2) is 0 Å². The van der Waals surface area contributed by atoms with E-state index in [4.69, 9.17) is 4.74 Å². The highest BCUT2D eigenvalue weighted by Crippen LogP contribution is 2.25. The molecule has 1 aliphatic heterocycles. The second kappa shape index (κ2) is 6.00. The van der Waals surface area contributed by atoms with Crippen molar-refractivity contribution in [3.63, 3.8) is 0 Å². The first kappa shape index (κ1) is 13.1. The van der Waals surface area contributed by atoms with E-state index in [-0.39, 0.29) is 0 Å². The molecule has 0 aromatic carbocycles. The predicted molar refractivity (Wildman–Crippen MR) is 71.9 cm³/mol. The summed E-state index contributed by atoms with van der Waals surface area (Å²) in [6.07, 6.45) is 5.86. The first-order chi connectivity index (χ1) is 8.72. The number of piperidine rings is 1. The summed E-state index contributed by atoms with van der Waals surface area (Å²) in [5.41, 5.74) is 0.293. The molecule has 5 heteroatoms. The van der Waals surface area contributed by atoms with Crippen LogP contribution in [0.1, 0.15) is 26.7 Å². The quantitative estimate of drug-likeness (QED) is 0.832. The van der Waals surface area contributed by atoms with Crippen LogP contribution in [-0.2, 0) is 0 Å². The number of hydrogen-bond acceptors (Lipinski definition) is 5. The highest BCUT2D eigenvalue weighted by molar-refractivity contribution is 5.33. The highest BCUT2D eigenvalue weighted by atomic mass is 16.5. The van der Waals surface area contributed by atoms with Gasteiger partial charge < -0.3 is 15.4 Å². The van der Waals surface area contributed by atoms with E-state index >= 15 is 0 Å². The Morgan fingerprint density at radius 3 is 3.11 bits per heavy atom. The van der Waals surface area contributed by atoms with Crippen molar-refractivity contribution in [2.45, 2.75) is 26.7 Å². The molecule has 1 aliphatic rings. The van der Waals surface area contributed by atoms with Crippen LogP contribution < -0.4 is 15.4 Å². The summed E-state index contributed by atoms with van der Waals surface area (Å²) in [6.45, 7) is 7.94. The van der Waals surface area contributed by atoms with Gasteiger partial charge in [0.25, 0.3) is 0 Å². The molecule has 0 spiro atoms. The summed E-state index contributed by atoms with van der Waals surface area (Å²) in [7, 11) is 0. The fourth-order valence-corrected chi connectivity index (χ4v) is 2.22. The molecule has 18 heavy (non-hydrogen) atoms. The molecule has 1 fully saturated rings. The third-order valence-corrected chi connectivity index (χ3v) is 3.29. The fourth-order valence-electron chi connectivity index (χ4n) is 2.22. The zero-order valence-corrected chi connectivity index (χ0v) is 11.2. The summed E-state index contributed by atoms with van der Waals surface area (Å²) in [4.78, 5) is 8.49. The minimum atomic E-state index is 0.293. The number of rotatable bonds is 5. The lowest BCUT2D eigenvalue weighted by atomic mass is 9.83. The Labute approximate surface area is 108 Å². The van der Waals surface area contributed by atoms with E-state index in [1.54, 1.807) is 12.4 Å². The van der Waals surface area contributed by atoms with Crippen LogP contribution in [0.15, 0.2) is 12.4 Å². The SMILES string of the molecule is CCOc1cncc(NCC2(C)CCCNC2)n1. The monoisotopic (exact) mass is 250 g/mol. The first-order valence-corrected chi connectivity index (χ1v) is 6.61. The summed E-state index contributed by atoms with van der Waals surface area (Å²) in [6, 6.07) is 0. The second-order valence-corrected chi connectivity index (χ2v) is 5.12. The second-order valence-electron chi connectivity index (χ2n) is 5.12. The van der Waals surface area contributed by atoms with Gasteiger partial charge in [0.2, 0.25) is 5.88 Å². The standard InChI is InChI=1S/C13H22N4O/c1-3-18-12-8-15-7-11(17-12)16-10-13(2)5-4-6-14-9-13/h7-8,14H,3-6,9-10H2,1-2H3,(H,16,17). The summed E-state index contributed by atoms with van der Waals surface area (Å²) in [5.74, 6) is 1.36. The Morgan fingerprint density at radius 2 is 2.39 bits per heavy atom. The number of aromatic nitrogens is 2. The van der Waals surface area contributed by atoms with Gasteiger partial charge in [0, 0.05) is 13.1 Å². The third kappa shape index (κ3) is 3.57. The number of ether oxygens (including phenoxy) is 1. The lowest BCUT2D eigenvalue weighted by Crippen LogP contribution is -2.42. The smallest absolute Gasteiger partial charge is 0.234 e. The number of nitrogens with one attached hydrogen (secondary N) is 2. The third-order valence-electron chi connectivity index (χ3n) is 3.29. The average molecular weight is 250 g/mol. The Hall–Kier alpha value is -1.36. The Bertz CT molecular complexity index is 377. The predicted octanol–water partition coefficient (Wildman–Crippen LogP) is 1.68. The van der Waals surface area contributed by atoms with Gasteiger partial charge in [-0.2, -0.15) is 4.98 Å². The normalized spacial score (nSPS) is 23.7.